The Hall–Kier alpha value is -2.39. The van der Waals surface area contributed by atoms with Gasteiger partial charge in [-0.25, -0.2) is 0 Å². The van der Waals surface area contributed by atoms with E-state index in [0.29, 0.717) is 18.7 Å². The molecule has 1 aliphatic heterocycles. The lowest BCUT2D eigenvalue weighted by Crippen LogP contribution is -2.60. The summed E-state index contributed by atoms with van der Waals surface area (Å²) in [6.07, 6.45) is 0.789. The van der Waals surface area contributed by atoms with Crippen LogP contribution in [-0.2, 0) is 14.4 Å². The van der Waals surface area contributed by atoms with Crippen LogP contribution in [0, 0.1) is 22.7 Å². The second-order valence-electron chi connectivity index (χ2n) is 9.54. The number of amides is 3. The number of hydrogen-bond donors (Lipinski definition) is 5. The number of hydrazine groups is 1. The number of hydrogen-bond acceptors (Lipinski definition) is 6. The van der Waals surface area contributed by atoms with Gasteiger partial charge in [-0.15, -0.1) is 0 Å². The molecule has 0 aromatic heterocycles. The molecule has 2 rings (SSSR count). The summed E-state index contributed by atoms with van der Waals surface area (Å²) in [7, 11) is 0. The number of carbonyl (C=O) groups is 3. The van der Waals surface area contributed by atoms with Crippen LogP contribution in [0.3, 0.4) is 0 Å². The molecule has 0 aromatic carbocycles. The average molecular weight is 477 g/mol. The number of nitrogens with one attached hydrogen (secondary N) is 5. The van der Waals surface area contributed by atoms with Crippen LogP contribution >= 0.6 is 0 Å². The van der Waals surface area contributed by atoms with E-state index in [-0.39, 0.29) is 18.9 Å². The Kier molecular flexibility index (Phi) is 11.1. The fourth-order valence-corrected chi connectivity index (χ4v) is 3.37. The number of halogens is 3. The van der Waals surface area contributed by atoms with Gasteiger partial charge >= 0.3 is 6.18 Å². The molecule has 0 bridgehead atoms. The van der Waals surface area contributed by atoms with Gasteiger partial charge in [0.1, 0.15) is 18.1 Å². The van der Waals surface area contributed by atoms with Crippen LogP contribution in [0.2, 0.25) is 0 Å². The first kappa shape index (κ1) is 28.6. The van der Waals surface area contributed by atoms with Crippen LogP contribution in [-0.4, -0.2) is 55.1 Å². The molecule has 9 nitrogen and oxygen atoms in total. The molecule has 5 N–H and O–H groups in total. The standard InChI is InChI=1S/C19H32N6O3.C2H3F3/c1-19(2,3)16(21-11-26)18(28)23-14(9-12-6-7-12)17(27)24-15(10-20)13-5-4-8-22-25-13;1-2(3,4)5/h11-16,22,25H,4-9H2,1-3H3,(H,21,26)(H,23,28)(H,24,27);1H3. The molecule has 1 saturated heterocycles. The predicted molar refractivity (Wildman–Crippen MR) is 115 cm³/mol. The Morgan fingerprint density at radius 1 is 1.12 bits per heavy atom. The van der Waals surface area contributed by atoms with Crippen molar-refractivity contribution in [2.45, 2.75) is 90.1 Å². The Morgan fingerprint density at radius 2 is 1.73 bits per heavy atom. The third-order valence-corrected chi connectivity index (χ3v) is 5.21. The third-order valence-electron chi connectivity index (χ3n) is 5.21. The van der Waals surface area contributed by atoms with Gasteiger partial charge in [0.25, 0.3) is 0 Å². The van der Waals surface area contributed by atoms with Crippen molar-refractivity contribution in [1.82, 2.24) is 26.8 Å². The maximum atomic E-state index is 12.9. The van der Waals surface area contributed by atoms with E-state index < -0.39 is 35.6 Å². The third kappa shape index (κ3) is 11.9. The Morgan fingerprint density at radius 3 is 2.15 bits per heavy atom. The van der Waals surface area contributed by atoms with E-state index in [4.69, 9.17) is 0 Å². The highest BCUT2D eigenvalue weighted by atomic mass is 19.4. The molecule has 2 fully saturated rings. The summed E-state index contributed by atoms with van der Waals surface area (Å²) < 4.78 is 31.1. The summed E-state index contributed by atoms with van der Waals surface area (Å²) in [4.78, 5) is 36.5. The van der Waals surface area contributed by atoms with E-state index in [9.17, 15) is 32.8 Å². The quantitative estimate of drug-likeness (QED) is 0.318. The van der Waals surface area contributed by atoms with E-state index in [0.717, 1.165) is 32.2 Å². The maximum Gasteiger partial charge on any atom is 0.386 e. The molecule has 3 amide bonds. The van der Waals surface area contributed by atoms with Crippen molar-refractivity contribution in [2.75, 3.05) is 6.54 Å². The molecule has 4 atom stereocenters. The van der Waals surface area contributed by atoms with E-state index in [1.54, 1.807) is 0 Å². The number of rotatable bonds is 9. The van der Waals surface area contributed by atoms with Crippen LogP contribution in [0.5, 0.6) is 0 Å². The smallest absolute Gasteiger partial charge is 0.346 e. The first-order valence-corrected chi connectivity index (χ1v) is 11.0. The van der Waals surface area contributed by atoms with Crippen molar-refractivity contribution in [2.24, 2.45) is 11.3 Å². The van der Waals surface area contributed by atoms with Crippen molar-refractivity contribution >= 4 is 18.2 Å². The summed E-state index contributed by atoms with van der Waals surface area (Å²) in [5.41, 5.74) is 5.55. The highest BCUT2D eigenvalue weighted by molar-refractivity contribution is 5.91. The minimum absolute atomic E-state index is 0.181. The molecule has 0 radical (unpaired) electrons. The van der Waals surface area contributed by atoms with E-state index in [1.165, 1.54) is 0 Å². The van der Waals surface area contributed by atoms with E-state index >= 15 is 0 Å². The van der Waals surface area contributed by atoms with Crippen molar-refractivity contribution < 1.29 is 27.6 Å². The van der Waals surface area contributed by atoms with Crippen molar-refractivity contribution in [3.8, 4) is 6.07 Å². The van der Waals surface area contributed by atoms with Crippen molar-refractivity contribution in [3.63, 3.8) is 0 Å². The monoisotopic (exact) mass is 476 g/mol. The van der Waals surface area contributed by atoms with Crippen LogP contribution in [0.4, 0.5) is 13.2 Å². The summed E-state index contributed by atoms with van der Waals surface area (Å²) in [5.74, 6) is -0.359. The van der Waals surface area contributed by atoms with Gasteiger partial charge in [-0.05, 0) is 30.6 Å². The highest BCUT2D eigenvalue weighted by Crippen LogP contribution is 2.33. The second-order valence-corrected chi connectivity index (χ2v) is 9.54. The van der Waals surface area contributed by atoms with Crippen LogP contribution in [0.15, 0.2) is 0 Å². The summed E-state index contributed by atoms with van der Waals surface area (Å²) in [6.45, 7) is 6.54. The highest BCUT2D eigenvalue weighted by Gasteiger charge is 2.37. The molecule has 33 heavy (non-hydrogen) atoms. The summed E-state index contributed by atoms with van der Waals surface area (Å²) in [6, 6.07) is -0.215. The number of alkyl halides is 3. The zero-order chi connectivity index (χ0) is 25.2. The van der Waals surface area contributed by atoms with E-state index in [2.05, 4.69) is 32.9 Å². The fraction of sp³-hybridized carbons (Fsp3) is 0.810. The predicted octanol–water partition coefficient (Wildman–Crippen LogP) is 1.27. The molecular formula is C21H35F3N6O3. The Balaban J connectivity index is 0.000000981. The van der Waals surface area contributed by atoms with Crippen LogP contribution in [0.25, 0.3) is 0 Å². The normalized spacial score (nSPS) is 21.2. The second kappa shape index (κ2) is 12.7. The lowest BCUT2D eigenvalue weighted by molar-refractivity contribution is -0.133. The Bertz CT molecular complexity index is 689. The largest absolute Gasteiger partial charge is 0.386 e. The van der Waals surface area contributed by atoms with Gasteiger partial charge in [0, 0.05) is 13.5 Å². The maximum absolute atomic E-state index is 12.9. The topological polar surface area (TPSA) is 135 Å². The van der Waals surface area contributed by atoms with Crippen molar-refractivity contribution in [1.29, 1.82) is 5.26 Å². The molecule has 0 aromatic rings. The lowest BCUT2D eigenvalue weighted by atomic mass is 9.86. The molecule has 1 saturated carbocycles. The molecule has 4 unspecified atom stereocenters. The molecule has 0 spiro atoms. The Labute approximate surface area is 192 Å². The minimum atomic E-state index is -4.00. The van der Waals surface area contributed by atoms with Crippen LogP contribution in [0.1, 0.15) is 59.8 Å². The lowest BCUT2D eigenvalue weighted by Gasteiger charge is -2.32. The van der Waals surface area contributed by atoms with Gasteiger partial charge in [-0.3, -0.25) is 25.2 Å². The van der Waals surface area contributed by atoms with Crippen molar-refractivity contribution in [3.05, 3.63) is 0 Å². The minimum Gasteiger partial charge on any atom is -0.346 e. The molecule has 2 aliphatic rings. The molecule has 188 valence electrons. The zero-order valence-corrected chi connectivity index (χ0v) is 19.5. The number of carbonyl (C=O) groups excluding carboxylic acids is 3. The summed E-state index contributed by atoms with van der Waals surface area (Å²) in [5, 5.41) is 17.6. The zero-order valence-electron chi connectivity index (χ0n) is 19.5. The van der Waals surface area contributed by atoms with Gasteiger partial charge in [0.2, 0.25) is 18.2 Å². The van der Waals surface area contributed by atoms with Gasteiger partial charge in [-0.1, -0.05) is 33.6 Å². The van der Waals surface area contributed by atoms with Gasteiger partial charge in [-0.2, -0.15) is 18.4 Å². The fourth-order valence-electron chi connectivity index (χ4n) is 3.37. The summed E-state index contributed by atoms with van der Waals surface area (Å²) >= 11 is 0. The SMILES string of the molecule is CC(C)(C)C(NC=O)C(=O)NC(CC1CC1)C(=O)NC(C#N)C1CCCNN1.CC(F)(F)F. The molecule has 1 aliphatic carbocycles. The first-order valence-electron chi connectivity index (χ1n) is 11.0. The number of nitriles is 1. The first-order chi connectivity index (χ1) is 15.3. The van der Waals surface area contributed by atoms with Gasteiger partial charge in [0.15, 0.2) is 0 Å². The van der Waals surface area contributed by atoms with E-state index in [1.807, 2.05) is 20.8 Å². The van der Waals surface area contributed by atoms with Gasteiger partial charge in [0.05, 0.1) is 12.1 Å². The average Bonchev–Trinajstić information content (AvgIpc) is 3.52. The molecule has 1 heterocycles. The molecule has 12 heteroatoms. The van der Waals surface area contributed by atoms with Crippen LogP contribution < -0.4 is 26.8 Å². The van der Waals surface area contributed by atoms with Gasteiger partial charge < -0.3 is 16.0 Å². The molecular weight excluding hydrogens is 441 g/mol. The number of nitrogens with zero attached hydrogens (tertiary/aromatic N) is 1.